The molecule has 0 amide bonds. The van der Waals surface area contributed by atoms with E-state index < -0.39 is 0 Å². The van der Waals surface area contributed by atoms with E-state index in [-0.39, 0.29) is 16.7 Å². The van der Waals surface area contributed by atoms with Gasteiger partial charge in [-0.25, -0.2) is 0 Å². The Kier molecular flexibility index (Phi) is 4.07. The van der Waals surface area contributed by atoms with Crippen LogP contribution in [0.2, 0.25) is 5.02 Å². The van der Waals surface area contributed by atoms with Crippen molar-refractivity contribution in [2.24, 2.45) is 0 Å². The third kappa shape index (κ3) is 2.93. The van der Waals surface area contributed by atoms with Gasteiger partial charge in [-0.3, -0.25) is 15.0 Å². The lowest BCUT2D eigenvalue weighted by Crippen LogP contribution is -2.20. The molecular weight excluding hydrogens is 314 g/mol. The average Bonchev–Trinajstić information content (AvgIpc) is 2.90. The van der Waals surface area contributed by atoms with Gasteiger partial charge in [0.25, 0.3) is 5.69 Å². The molecule has 0 radical (unpaired) electrons. The predicted octanol–water partition coefficient (Wildman–Crippen LogP) is 4.38. The standard InChI is InChI=1S/C17H16ClN3O2/c1-20(2)17(11-3-6-13(7-4-11)21(22)23)15-10-19-16-9-12(18)5-8-14(15)16/h3-10,17,19H,1-2H3. The number of H-pyrrole nitrogens is 1. The molecule has 0 fully saturated rings. The zero-order chi connectivity index (χ0) is 16.6. The Balaban J connectivity index is 2.09. The maximum Gasteiger partial charge on any atom is 0.269 e. The molecule has 1 N–H and O–H groups in total. The van der Waals surface area contributed by atoms with Gasteiger partial charge >= 0.3 is 0 Å². The van der Waals surface area contributed by atoms with Crippen molar-refractivity contribution in [3.05, 3.63) is 74.9 Å². The highest BCUT2D eigenvalue weighted by Crippen LogP contribution is 2.33. The summed E-state index contributed by atoms with van der Waals surface area (Å²) in [6, 6.07) is 12.4. The van der Waals surface area contributed by atoms with Crippen LogP contribution >= 0.6 is 11.6 Å². The number of nitrogens with one attached hydrogen (secondary N) is 1. The van der Waals surface area contributed by atoms with E-state index in [0.717, 1.165) is 22.0 Å². The van der Waals surface area contributed by atoms with Gasteiger partial charge in [0, 0.05) is 34.3 Å². The van der Waals surface area contributed by atoms with E-state index >= 15 is 0 Å². The first-order valence-corrected chi connectivity index (χ1v) is 7.52. The molecular formula is C17H16ClN3O2. The first-order chi connectivity index (χ1) is 11.0. The van der Waals surface area contributed by atoms with Crippen LogP contribution in [0, 0.1) is 10.1 Å². The molecule has 1 atom stereocenters. The molecule has 1 aromatic heterocycles. The molecule has 23 heavy (non-hydrogen) atoms. The van der Waals surface area contributed by atoms with Crippen LogP contribution in [0.5, 0.6) is 0 Å². The summed E-state index contributed by atoms with van der Waals surface area (Å²) in [4.78, 5) is 15.8. The van der Waals surface area contributed by atoms with Gasteiger partial charge in [0.1, 0.15) is 0 Å². The number of fused-ring (bicyclic) bond motifs is 1. The minimum atomic E-state index is -0.387. The van der Waals surface area contributed by atoms with E-state index in [1.807, 2.05) is 38.5 Å². The summed E-state index contributed by atoms with van der Waals surface area (Å²) in [5, 5.41) is 12.6. The molecule has 0 aliphatic rings. The number of benzene rings is 2. The SMILES string of the molecule is CN(C)C(c1ccc([N+](=O)[O-])cc1)c1c[nH]c2cc(Cl)ccc12. The van der Waals surface area contributed by atoms with Crippen molar-refractivity contribution in [2.45, 2.75) is 6.04 Å². The molecule has 0 aliphatic heterocycles. The Labute approximate surface area is 138 Å². The lowest BCUT2D eigenvalue weighted by atomic mass is 9.97. The zero-order valence-electron chi connectivity index (χ0n) is 12.8. The van der Waals surface area contributed by atoms with Gasteiger partial charge in [0.15, 0.2) is 0 Å². The predicted molar refractivity (Wildman–Crippen MR) is 91.9 cm³/mol. The van der Waals surface area contributed by atoms with E-state index in [1.165, 1.54) is 12.1 Å². The molecule has 1 heterocycles. The number of hydrogen-bond donors (Lipinski definition) is 1. The van der Waals surface area contributed by atoms with Crippen LogP contribution < -0.4 is 0 Å². The number of aromatic amines is 1. The molecule has 0 saturated heterocycles. The molecule has 5 nitrogen and oxygen atoms in total. The highest BCUT2D eigenvalue weighted by atomic mass is 35.5. The highest BCUT2D eigenvalue weighted by molar-refractivity contribution is 6.31. The van der Waals surface area contributed by atoms with Crippen molar-refractivity contribution in [3.63, 3.8) is 0 Å². The third-order valence-corrected chi connectivity index (χ3v) is 4.14. The molecule has 3 aromatic rings. The summed E-state index contributed by atoms with van der Waals surface area (Å²) >= 11 is 6.04. The number of nitro groups is 1. The molecule has 118 valence electrons. The molecule has 0 spiro atoms. The topological polar surface area (TPSA) is 62.2 Å². The Morgan fingerprint density at radius 2 is 1.87 bits per heavy atom. The molecule has 2 aromatic carbocycles. The number of non-ortho nitro benzene ring substituents is 1. The normalized spacial score (nSPS) is 12.7. The van der Waals surface area contributed by atoms with Crippen molar-refractivity contribution in [1.82, 2.24) is 9.88 Å². The van der Waals surface area contributed by atoms with E-state index in [4.69, 9.17) is 11.6 Å². The third-order valence-electron chi connectivity index (χ3n) is 3.91. The summed E-state index contributed by atoms with van der Waals surface area (Å²) in [6.45, 7) is 0. The van der Waals surface area contributed by atoms with Crippen LogP contribution in [0.25, 0.3) is 10.9 Å². The fourth-order valence-electron chi connectivity index (χ4n) is 2.88. The fraction of sp³-hybridized carbons (Fsp3) is 0.176. The van der Waals surface area contributed by atoms with Gasteiger partial charge < -0.3 is 4.98 Å². The summed E-state index contributed by atoms with van der Waals surface area (Å²) in [6.07, 6.45) is 1.97. The Morgan fingerprint density at radius 3 is 2.48 bits per heavy atom. The van der Waals surface area contributed by atoms with Crippen LogP contribution in [0.1, 0.15) is 17.2 Å². The minimum absolute atomic E-state index is 0.00858. The van der Waals surface area contributed by atoms with E-state index in [0.29, 0.717) is 5.02 Å². The number of halogens is 1. The first kappa shape index (κ1) is 15.5. The molecule has 6 heteroatoms. The fourth-order valence-corrected chi connectivity index (χ4v) is 3.05. The Bertz CT molecular complexity index is 856. The summed E-state index contributed by atoms with van der Waals surface area (Å²) < 4.78 is 0. The van der Waals surface area contributed by atoms with Crippen LogP contribution in [0.15, 0.2) is 48.7 Å². The van der Waals surface area contributed by atoms with Crippen LogP contribution in [0.4, 0.5) is 5.69 Å². The minimum Gasteiger partial charge on any atom is -0.361 e. The number of nitro benzene ring substituents is 1. The van der Waals surface area contributed by atoms with Crippen LogP contribution in [0.3, 0.4) is 0 Å². The monoisotopic (exact) mass is 329 g/mol. The van der Waals surface area contributed by atoms with Crippen LogP contribution in [-0.4, -0.2) is 28.9 Å². The smallest absolute Gasteiger partial charge is 0.269 e. The molecule has 1 unspecified atom stereocenters. The summed E-state index contributed by atoms with van der Waals surface area (Å²) in [5.74, 6) is 0. The molecule has 0 aliphatic carbocycles. The lowest BCUT2D eigenvalue weighted by Gasteiger charge is -2.24. The number of rotatable bonds is 4. The van der Waals surface area contributed by atoms with Crippen molar-refractivity contribution in [3.8, 4) is 0 Å². The maximum atomic E-state index is 10.8. The summed E-state index contributed by atoms with van der Waals surface area (Å²) in [5.41, 5.74) is 3.17. The van der Waals surface area contributed by atoms with Gasteiger partial charge in [0.05, 0.1) is 11.0 Å². The quantitative estimate of drug-likeness (QED) is 0.570. The number of aromatic nitrogens is 1. The number of hydrogen-bond acceptors (Lipinski definition) is 3. The second-order valence-corrected chi connectivity index (χ2v) is 6.09. The Morgan fingerprint density at radius 1 is 1.17 bits per heavy atom. The largest absolute Gasteiger partial charge is 0.361 e. The highest BCUT2D eigenvalue weighted by Gasteiger charge is 2.21. The second-order valence-electron chi connectivity index (χ2n) is 5.65. The maximum absolute atomic E-state index is 10.8. The van der Waals surface area contributed by atoms with Crippen molar-refractivity contribution < 1.29 is 4.92 Å². The molecule has 0 saturated carbocycles. The van der Waals surface area contributed by atoms with Gasteiger partial charge in [-0.05, 0) is 37.4 Å². The number of nitrogens with zero attached hydrogens (tertiary/aromatic N) is 2. The zero-order valence-corrected chi connectivity index (χ0v) is 13.5. The van der Waals surface area contributed by atoms with Gasteiger partial charge in [-0.2, -0.15) is 0 Å². The molecule has 3 rings (SSSR count). The van der Waals surface area contributed by atoms with Crippen LogP contribution in [-0.2, 0) is 0 Å². The van der Waals surface area contributed by atoms with Crippen molar-refractivity contribution in [2.75, 3.05) is 14.1 Å². The van der Waals surface area contributed by atoms with Gasteiger partial charge in [-0.1, -0.05) is 29.8 Å². The van der Waals surface area contributed by atoms with E-state index in [9.17, 15) is 10.1 Å². The van der Waals surface area contributed by atoms with Gasteiger partial charge in [0.2, 0.25) is 0 Å². The van der Waals surface area contributed by atoms with E-state index in [2.05, 4.69) is 9.88 Å². The first-order valence-electron chi connectivity index (χ1n) is 7.14. The Hall–Kier alpha value is -2.37. The summed E-state index contributed by atoms with van der Waals surface area (Å²) in [7, 11) is 3.97. The molecule has 0 bridgehead atoms. The average molecular weight is 330 g/mol. The van der Waals surface area contributed by atoms with E-state index in [1.54, 1.807) is 12.1 Å². The van der Waals surface area contributed by atoms with Crippen molar-refractivity contribution in [1.29, 1.82) is 0 Å². The lowest BCUT2D eigenvalue weighted by molar-refractivity contribution is -0.384. The van der Waals surface area contributed by atoms with Crippen molar-refractivity contribution >= 4 is 28.2 Å². The van der Waals surface area contributed by atoms with Gasteiger partial charge in [-0.15, -0.1) is 0 Å². The second kappa shape index (κ2) is 6.02.